The molecule has 0 aromatic heterocycles. The second-order valence-electron chi connectivity index (χ2n) is 3.37. The predicted octanol–water partition coefficient (Wildman–Crippen LogP) is 2.27. The SMILES string of the molecule is CC(=CCl)CNC1(C)CC1. The van der Waals surface area contributed by atoms with Crippen LogP contribution in [0.15, 0.2) is 11.1 Å². The molecule has 1 rings (SSSR count). The van der Waals surface area contributed by atoms with Crippen molar-refractivity contribution in [3.05, 3.63) is 11.1 Å². The van der Waals surface area contributed by atoms with E-state index in [0.29, 0.717) is 5.54 Å². The first-order valence-electron chi connectivity index (χ1n) is 3.67. The third-order valence-electron chi connectivity index (χ3n) is 1.98. The maximum Gasteiger partial charge on any atom is 0.0178 e. The quantitative estimate of drug-likeness (QED) is 0.666. The Balaban J connectivity index is 2.16. The van der Waals surface area contributed by atoms with E-state index < -0.39 is 0 Å². The van der Waals surface area contributed by atoms with Gasteiger partial charge < -0.3 is 5.32 Å². The van der Waals surface area contributed by atoms with Crippen molar-refractivity contribution >= 4 is 11.6 Å². The van der Waals surface area contributed by atoms with E-state index in [0.717, 1.165) is 6.54 Å². The monoisotopic (exact) mass is 159 g/mol. The summed E-state index contributed by atoms with van der Waals surface area (Å²) in [6.07, 6.45) is 2.62. The lowest BCUT2D eigenvalue weighted by Crippen LogP contribution is -2.28. The fraction of sp³-hybridized carbons (Fsp3) is 0.750. The van der Waals surface area contributed by atoms with Crippen molar-refractivity contribution in [3.63, 3.8) is 0 Å². The highest BCUT2D eigenvalue weighted by atomic mass is 35.5. The Kier molecular flexibility index (Phi) is 2.37. The lowest BCUT2D eigenvalue weighted by Gasteiger charge is -2.10. The third kappa shape index (κ3) is 2.31. The molecule has 1 aliphatic carbocycles. The minimum atomic E-state index is 0.432. The van der Waals surface area contributed by atoms with E-state index in [1.165, 1.54) is 18.4 Å². The molecular formula is C8H14ClN. The molecule has 0 radical (unpaired) electrons. The minimum Gasteiger partial charge on any atom is -0.308 e. The molecule has 0 saturated heterocycles. The van der Waals surface area contributed by atoms with Crippen molar-refractivity contribution in [2.45, 2.75) is 32.2 Å². The number of halogens is 1. The predicted molar refractivity (Wildman–Crippen MR) is 45.3 cm³/mol. The van der Waals surface area contributed by atoms with Gasteiger partial charge in [0.1, 0.15) is 0 Å². The summed E-state index contributed by atoms with van der Waals surface area (Å²) in [6.45, 7) is 5.21. The van der Waals surface area contributed by atoms with E-state index in [9.17, 15) is 0 Å². The highest BCUT2D eigenvalue weighted by Gasteiger charge is 2.36. The summed E-state index contributed by atoms with van der Waals surface area (Å²) < 4.78 is 0. The molecule has 0 unspecified atom stereocenters. The summed E-state index contributed by atoms with van der Waals surface area (Å²) in [5.74, 6) is 0. The van der Waals surface area contributed by atoms with E-state index in [1.807, 2.05) is 6.92 Å². The van der Waals surface area contributed by atoms with Gasteiger partial charge in [-0.25, -0.2) is 0 Å². The number of hydrogen-bond donors (Lipinski definition) is 1. The van der Waals surface area contributed by atoms with Crippen LogP contribution in [0.5, 0.6) is 0 Å². The second-order valence-corrected chi connectivity index (χ2v) is 3.59. The van der Waals surface area contributed by atoms with E-state index in [1.54, 1.807) is 5.54 Å². The molecule has 0 atom stereocenters. The van der Waals surface area contributed by atoms with Crippen LogP contribution >= 0.6 is 11.6 Å². The van der Waals surface area contributed by atoms with Crippen LogP contribution in [0, 0.1) is 0 Å². The summed E-state index contributed by atoms with van der Waals surface area (Å²) in [7, 11) is 0. The zero-order valence-electron chi connectivity index (χ0n) is 6.58. The van der Waals surface area contributed by atoms with Gasteiger partial charge in [0.05, 0.1) is 0 Å². The summed E-state index contributed by atoms with van der Waals surface area (Å²) in [5.41, 5.74) is 3.27. The molecule has 58 valence electrons. The van der Waals surface area contributed by atoms with Gasteiger partial charge >= 0.3 is 0 Å². The molecule has 0 aromatic rings. The van der Waals surface area contributed by atoms with Gasteiger partial charge in [-0.05, 0) is 32.3 Å². The van der Waals surface area contributed by atoms with Gasteiger partial charge in [-0.2, -0.15) is 0 Å². The number of hydrogen-bond acceptors (Lipinski definition) is 1. The molecule has 0 heterocycles. The maximum atomic E-state index is 5.50. The summed E-state index contributed by atoms with van der Waals surface area (Å²) in [5, 5.41) is 3.43. The van der Waals surface area contributed by atoms with Crippen molar-refractivity contribution in [2.24, 2.45) is 0 Å². The molecule has 1 saturated carbocycles. The average molecular weight is 160 g/mol. The average Bonchev–Trinajstić information content (AvgIpc) is 2.64. The zero-order chi connectivity index (χ0) is 7.61. The summed E-state index contributed by atoms with van der Waals surface area (Å²) in [4.78, 5) is 0. The van der Waals surface area contributed by atoms with E-state index in [4.69, 9.17) is 11.6 Å². The molecule has 0 aliphatic heterocycles. The first kappa shape index (κ1) is 8.09. The van der Waals surface area contributed by atoms with E-state index in [-0.39, 0.29) is 0 Å². The van der Waals surface area contributed by atoms with Crippen molar-refractivity contribution in [3.8, 4) is 0 Å². The molecule has 1 nitrogen and oxygen atoms in total. The largest absolute Gasteiger partial charge is 0.308 e. The Hall–Kier alpha value is -0.0100. The van der Waals surface area contributed by atoms with Gasteiger partial charge in [0.25, 0.3) is 0 Å². The smallest absolute Gasteiger partial charge is 0.0178 e. The number of nitrogens with one attached hydrogen (secondary N) is 1. The van der Waals surface area contributed by atoms with Crippen molar-refractivity contribution in [2.75, 3.05) is 6.54 Å². The van der Waals surface area contributed by atoms with Crippen molar-refractivity contribution < 1.29 is 0 Å². The fourth-order valence-corrected chi connectivity index (χ4v) is 0.833. The Morgan fingerprint density at radius 3 is 2.70 bits per heavy atom. The molecule has 1 fully saturated rings. The maximum absolute atomic E-state index is 5.50. The highest BCUT2D eigenvalue weighted by Crippen LogP contribution is 2.34. The van der Waals surface area contributed by atoms with Gasteiger partial charge in [0.15, 0.2) is 0 Å². The molecule has 0 spiro atoms. The molecule has 0 aromatic carbocycles. The van der Waals surface area contributed by atoms with Crippen LogP contribution in [0.1, 0.15) is 26.7 Å². The Labute approximate surface area is 67.5 Å². The minimum absolute atomic E-state index is 0.432. The number of rotatable bonds is 3. The lowest BCUT2D eigenvalue weighted by molar-refractivity contribution is 0.567. The Morgan fingerprint density at radius 1 is 1.70 bits per heavy atom. The molecule has 2 heteroatoms. The first-order chi connectivity index (χ1) is 4.66. The zero-order valence-corrected chi connectivity index (χ0v) is 7.33. The second kappa shape index (κ2) is 2.93. The molecular weight excluding hydrogens is 146 g/mol. The van der Waals surface area contributed by atoms with Crippen LogP contribution in [0.3, 0.4) is 0 Å². The van der Waals surface area contributed by atoms with Crippen LogP contribution in [0.4, 0.5) is 0 Å². The normalized spacial score (nSPS) is 22.9. The van der Waals surface area contributed by atoms with Gasteiger partial charge in [-0.15, -0.1) is 0 Å². The molecule has 1 aliphatic rings. The van der Waals surface area contributed by atoms with Crippen LogP contribution in [-0.2, 0) is 0 Å². The fourth-order valence-electron chi connectivity index (χ4n) is 0.756. The van der Waals surface area contributed by atoms with Crippen LogP contribution in [0.25, 0.3) is 0 Å². The third-order valence-corrected chi connectivity index (χ3v) is 2.35. The summed E-state index contributed by atoms with van der Waals surface area (Å²) >= 11 is 5.50. The first-order valence-corrected chi connectivity index (χ1v) is 4.11. The molecule has 0 bridgehead atoms. The molecule has 10 heavy (non-hydrogen) atoms. The van der Waals surface area contributed by atoms with Crippen LogP contribution < -0.4 is 5.32 Å². The molecule has 0 amide bonds. The van der Waals surface area contributed by atoms with Crippen molar-refractivity contribution in [1.82, 2.24) is 5.32 Å². The van der Waals surface area contributed by atoms with Gasteiger partial charge in [0, 0.05) is 17.6 Å². The summed E-state index contributed by atoms with van der Waals surface area (Å²) in [6, 6.07) is 0. The van der Waals surface area contributed by atoms with Crippen molar-refractivity contribution in [1.29, 1.82) is 0 Å². The van der Waals surface area contributed by atoms with E-state index >= 15 is 0 Å². The highest BCUT2D eigenvalue weighted by molar-refractivity contribution is 6.25. The standard InChI is InChI=1S/C8H14ClN/c1-7(5-9)6-10-8(2)3-4-8/h5,10H,3-4,6H2,1-2H3. The Bertz CT molecular complexity index is 147. The topological polar surface area (TPSA) is 12.0 Å². The van der Waals surface area contributed by atoms with E-state index in [2.05, 4.69) is 12.2 Å². The Morgan fingerprint density at radius 2 is 2.30 bits per heavy atom. The lowest BCUT2D eigenvalue weighted by atomic mass is 10.3. The van der Waals surface area contributed by atoms with Gasteiger partial charge in [0.2, 0.25) is 0 Å². The van der Waals surface area contributed by atoms with Gasteiger partial charge in [-0.1, -0.05) is 11.6 Å². The van der Waals surface area contributed by atoms with Crippen LogP contribution in [0.2, 0.25) is 0 Å². The molecule has 1 N–H and O–H groups in total. The van der Waals surface area contributed by atoms with Crippen LogP contribution in [-0.4, -0.2) is 12.1 Å². The van der Waals surface area contributed by atoms with Gasteiger partial charge in [-0.3, -0.25) is 0 Å².